The second-order valence-corrected chi connectivity index (χ2v) is 4.38. The lowest BCUT2D eigenvalue weighted by Crippen LogP contribution is -2.30. The lowest BCUT2D eigenvalue weighted by Gasteiger charge is -2.26. The fourth-order valence-corrected chi connectivity index (χ4v) is 2.49. The average Bonchev–Trinajstić information content (AvgIpc) is 2.76. The third-order valence-corrected chi connectivity index (χ3v) is 3.47. The topological polar surface area (TPSA) is 49.2 Å². The van der Waals surface area contributed by atoms with E-state index in [0.717, 1.165) is 18.8 Å². The first-order chi connectivity index (χ1) is 7.77. The number of aliphatic hydroxyl groups excluding tert-OH is 1. The molecule has 5 heteroatoms. The summed E-state index contributed by atoms with van der Waals surface area (Å²) < 4.78 is 0. The fraction of sp³-hybridized carbons (Fsp3) is 0.636. The van der Waals surface area contributed by atoms with Crippen LogP contribution in [-0.4, -0.2) is 27.7 Å². The van der Waals surface area contributed by atoms with Gasteiger partial charge in [0.05, 0.1) is 12.2 Å². The van der Waals surface area contributed by atoms with E-state index in [-0.39, 0.29) is 6.61 Å². The molecule has 1 N–H and O–H groups in total. The molecule has 1 aromatic heterocycles. The molecular weight excluding hydrogens is 226 g/mol. The smallest absolute Gasteiger partial charge is 0.140 e. The Morgan fingerprint density at radius 1 is 1.56 bits per heavy atom. The molecule has 2 rings (SSSR count). The van der Waals surface area contributed by atoms with Crippen molar-refractivity contribution in [3.05, 3.63) is 17.0 Å². The van der Waals surface area contributed by atoms with Gasteiger partial charge in [-0.05, 0) is 19.3 Å². The third kappa shape index (κ3) is 1.99. The number of hydrogen-bond acceptors (Lipinski definition) is 4. The van der Waals surface area contributed by atoms with Crippen molar-refractivity contribution in [2.24, 2.45) is 0 Å². The van der Waals surface area contributed by atoms with Crippen LogP contribution in [-0.2, 0) is 6.61 Å². The second-order valence-electron chi connectivity index (χ2n) is 4.02. The first-order valence-electron chi connectivity index (χ1n) is 5.64. The van der Waals surface area contributed by atoms with Crippen molar-refractivity contribution in [2.45, 2.75) is 38.8 Å². The molecule has 16 heavy (non-hydrogen) atoms. The number of halogens is 1. The standard InChI is InChI=1S/C11H16ClN3O/c1-2-8-4-3-5-15(8)11-9(6-16)10(12)13-7-14-11/h7-8,16H,2-6H2,1H3. The highest BCUT2D eigenvalue weighted by atomic mass is 35.5. The van der Waals surface area contributed by atoms with Crippen LogP contribution in [0.1, 0.15) is 31.7 Å². The number of hydrogen-bond donors (Lipinski definition) is 1. The summed E-state index contributed by atoms with van der Waals surface area (Å²) in [5.74, 6) is 0.798. The summed E-state index contributed by atoms with van der Waals surface area (Å²) in [6, 6.07) is 0.510. The molecule has 1 fully saturated rings. The Morgan fingerprint density at radius 2 is 2.38 bits per heavy atom. The van der Waals surface area contributed by atoms with Gasteiger partial charge in [0.15, 0.2) is 0 Å². The minimum atomic E-state index is -0.109. The average molecular weight is 242 g/mol. The third-order valence-electron chi connectivity index (χ3n) is 3.15. The molecule has 0 aromatic carbocycles. The van der Waals surface area contributed by atoms with E-state index in [1.54, 1.807) is 0 Å². The van der Waals surface area contributed by atoms with Crippen molar-refractivity contribution in [1.29, 1.82) is 0 Å². The lowest BCUT2D eigenvalue weighted by molar-refractivity contribution is 0.281. The van der Waals surface area contributed by atoms with Gasteiger partial charge in [0.2, 0.25) is 0 Å². The number of nitrogens with zero attached hydrogens (tertiary/aromatic N) is 3. The zero-order valence-electron chi connectivity index (χ0n) is 9.36. The maximum absolute atomic E-state index is 9.33. The van der Waals surface area contributed by atoms with Gasteiger partial charge < -0.3 is 10.0 Å². The molecule has 0 bridgehead atoms. The quantitative estimate of drug-likeness (QED) is 0.823. The Labute approximate surface area is 100 Å². The Hall–Kier alpha value is -0.870. The molecule has 88 valence electrons. The van der Waals surface area contributed by atoms with Gasteiger partial charge in [-0.25, -0.2) is 9.97 Å². The summed E-state index contributed by atoms with van der Waals surface area (Å²) in [5.41, 5.74) is 0.643. The summed E-state index contributed by atoms with van der Waals surface area (Å²) in [7, 11) is 0. The second kappa shape index (κ2) is 4.97. The van der Waals surface area contributed by atoms with Crippen molar-refractivity contribution in [3.63, 3.8) is 0 Å². The number of aromatic nitrogens is 2. The highest BCUT2D eigenvalue weighted by Crippen LogP contribution is 2.30. The van der Waals surface area contributed by atoms with Crippen LogP contribution in [0.25, 0.3) is 0 Å². The van der Waals surface area contributed by atoms with E-state index in [9.17, 15) is 5.11 Å². The molecule has 1 saturated heterocycles. The molecule has 1 aromatic rings. The van der Waals surface area contributed by atoms with Crippen LogP contribution in [0.2, 0.25) is 5.15 Å². The van der Waals surface area contributed by atoms with Crippen molar-refractivity contribution in [3.8, 4) is 0 Å². The van der Waals surface area contributed by atoms with Crippen LogP contribution < -0.4 is 4.90 Å². The van der Waals surface area contributed by atoms with Crippen molar-refractivity contribution in [2.75, 3.05) is 11.4 Å². The molecule has 1 aliphatic rings. The predicted octanol–water partition coefficient (Wildman–Crippen LogP) is 2.00. The van der Waals surface area contributed by atoms with Crippen LogP contribution in [0, 0.1) is 0 Å². The van der Waals surface area contributed by atoms with Crippen LogP contribution in [0.4, 0.5) is 5.82 Å². The van der Waals surface area contributed by atoms with Gasteiger partial charge in [0.25, 0.3) is 0 Å². The zero-order valence-corrected chi connectivity index (χ0v) is 10.1. The van der Waals surface area contributed by atoms with Gasteiger partial charge in [-0.15, -0.1) is 0 Å². The van der Waals surface area contributed by atoms with Gasteiger partial charge >= 0.3 is 0 Å². The monoisotopic (exact) mass is 241 g/mol. The van der Waals surface area contributed by atoms with E-state index >= 15 is 0 Å². The van der Waals surface area contributed by atoms with E-state index in [2.05, 4.69) is 21.8 Å². The fourth-order valence-electron chi connectivity index (χ4n) is 2.30. The minimum Gasteiger partial charge on any atom is -0.391 e. The van der Waals surface area contributed by atoms with Gasteiger partial charge in [0.1, 0.15) is 17.3 Å². The molecule has 4 nitrogen and oxygen atoms in total. The van der Waals surface area contributed by atoms with Gasteiger partial charge in [-0.2, -0.15) is 0 Å². The molecule has 0 aliphatic carbocycles. The highest BCUT2D eigenvalue weighted by molar-refractivity contribution is 6.30. The Balaban J connectivity index is 2.35. The van der Waals surface area contributed by atoms with E-state index in [0.29, 0.717) is 16.8 Å². The lowest BCUT2D eigenvalue weighted by atomic mass is 10.1. The van der Waals surface area contributed by atoms with Crippen molar-refractivity contribution < 1.29 is 5.11 Å². The maximum atomic E-state index is 9.33. The summed E-state index contributed by atoms with van der Waals surface area (Å²) in [6.45, 7) is 3.05. The molecule has 1 aliphatic heterocycles. The highest BCUT2D eigenvalue weighted by Gasteiger charge is 2.26. The van der Waals surface area contributed by atoms with Crippen LogP contribution in [0.5, 0.6) is 0 Å². The number of anilines is 1. The Bertz CT molecular complexity index is 372. The first-order valence-corrected chi connectivity index (χ1v) is 6.02. The molecule has 0 saturated carbocycles. The Morgan fingerprint density at radius 3 is 3.06 bits per heavy atom. The molecule has 0 spiro atoms. The van der Waals surface area contributed by atoms with E-state index in [1.807, 2.05) is 0 Å². The molecule has 1 atom stereocenters. The summed E-state index contributed by atoms with van der Waals surface area (Å²) in [6.07, 6.45) is 4.91. The number of aliphatic hydroxyl groups is 1. The SMILES string of the molecule is CCC1CCCN1c1ncnc(Cl)c1CO. The van der Waals surface area contributed by atoms with Crippen molar-refractivity contribution >= 4 is 17.4 Å². The van der Waals surface area contributed by atoms with E-state index in [4.69, 9.17) is 11.6 Å². The largest absolute Gasteiger partial charge is 0.391 e. The molecule has 1 unspecified atom stereocenters. The Kier molecular flexibility index (Phi) is 3.61. The molecular formula is C11H16ClN3O. The van der Waals surface area contributed by atoms with Crippen LogP contribution in [0.15, 0.2) is 6.33 Å². The van der Waals surface area contributed by atoms with Crippen molar-refractivity contribution in [1.82, 2.24) is 9.97 Å². The molecule has 2 heterocycles. The normalized spacial score (nSPS) is 20.4. The zero-order chi connectivity index (χ0) is 11.5. The summed E-state index contributed by atoms with van der Waals surface area (Å²) in [4.78, 5) is 10.4. The molecule has 0 radical (unpaired) electrons. The molecule has 0 amide bonds. The van der Waals surface area contributed by atoms with Gasteiger partial charge in [-0.3, -0.25) is 0 Å². The van der Waals surface area contributed by atoms with Crippen LogP contribution >= 0.6 is 11.6 Å². The van der Waals surface area contributed by atoms with Gasteiger partial charge in [-0.1, -0.05) is 18.5 Å². The van der Waals surface area contributed by atoms with E-state index < -0.39 is 0 Å². The van der Waals surface area contributed by atoms with Gasteiger partial charge in [0, 0.05) is 12.6 Å². The predicted molar refractivity (Wildman–Crippen MR) is 63.6 cm³/mol. The number of rotatable bonds is 3. The van der Waals surface area contributed by atoms with Crippen LogP contribution in [0.3, 0.4) is 0 Å². The maximum Gasteiger partial charge on any atom is 0.140 e. The van der Waals surface area contributed by atoms with E-state index in [1.165, 1.54) is 19.2 Å². The summed E-state index contributed by atoms with van der Waals surface area (Å²) in [5, 5.41) is 9.68. The first kappa shape index (κ1) is 11.6. The summed E-state index contributed by atoms with van der Waals surface area (Å²) >= 11 is 5.96. The minimum absolute atomic E-state index is 0.109.